The highest BCUT2D eigenvalue weighted by Gasteiger charge is 2.09. The molecule has 3 aromatic rings. The molecule has 0 aliphatic carbocycles. The second-order valence-corrected chi connectivity index (χ2v) is 8.86. The summed E-state index contributed by atoms with van der Waals surface area (Å²) >= 11 is 12.5. The molecule has 0 aliphatic rings. The van der Waals surface area contributed by atoms with Gasteiger partial charge in [0.15, 0.2) is 0 Å². The first-order valence-corrected chi connectivity index (χ1v) is 10.8. The predicted molar refractivity (Wildman–Crippen MR) is 116 cm³/mol. The molecule has 0 saturated heterocycles. The first kappa shape index (κ1) is 19.4. The Morgan fingerprint density at radius 1 is 0.923 bits per heavy atom. The van der Waals surface area contributed by atoms with Crippen LogP contribution in [0.1, 0.15) is 0 Å². The minimum Gasteiger partial charge on any atom is -0.324 e. The average Bonchev–Trinajstić information content (AvgIpc) is 2.65. The first-order valence-electron chi connectivity index (χ1n) is 7.81. The second-order valence-electron chi connectivity index (χ2n) is 5.34. The van der Waals surface area contributed by atoms with E-state index in [-0.39, 0.29) is 5.91 Å². The lowest BCUT2D eigenvalue weighted by Gasteiger charge is -2.11. The Balaban J connectivity index is 1.62. The minimum atomic E-state index is -0.0259. The van der Waals surface area contributed by atoms with Gasteiger partial charge in [-0.1, -0.05) is 51.4 Å². The highest BCUT2D eigenvalue weighted by molar-refractivity contribution is 9.10. The van der Waals surface area contributed by atoms with E-state index in [2.05, 4.69) is 21.2 Å². The summed E-state index contributed by atoms with van der Waals surface area (Å²) in [7, 11) is 0. The van der Waals surface area contributed by atoms with Gasteiger partial charge in [-0.3, -0.25) is 4.79 Å². The maximum Gasteiger partial charge on any atom is 0.234 e. The van der Waals surface area contributed by atoms with Crippen LogP contribution in [0.2, 0.25) is 5.02 Å². The Kier molecular flexibility index (Phi) is 7.08. The van der Waals surface area contributed by atoms with Crippen molar-refractivity contribution in [2.45, 2.75) is 14.7 Å². The lowest BCUT2D eigenvalue weighted by atomic mass is 10.3. The van der Waals surface area contributed by atoms with Gasteiger partial charge in [0.2, 0.25) is 5.91 Å². The second kappa shape index (κ2) is 9.51. The van der Waals surface area contributed by atoms with Gasteiger partial charge >= 0.3 is 0 Å². The molecule has 0 unspecified atom stereocenters. The molecule has 2 nitrogen and oxygen atoms in total. The summed E-state index contributed by atoms with van der Waals surface area (Å²) in [5.41, 5.74) is 0.814. The Bertz CT molecular complexity index is 885. The molecule has 0 atom stereocenters. The Hall–Kier alpha value is -1.40. The number of halogens is 2. The van der Waals surface area contributed by atoms with E-state index < -0.39 is 0 Å². The zero-order valence-corrected chi connectivity index (χ0v) is 17.6. The summed E-state index contributed by atoms with van der Waals surface area (Å²) in [6, 6.07) is 23.4. The molecule has 26 heavy (non-hydrogen) atoms. The largest absolute Gasteiger partial charge is 0.324 e. The Morgan fingerprint density at radius 3 is 2.31 bits per heavy atom. The van der Waals surface area contributed by atoms with Crippen molar-refractivity contribution in [3.05, 3.63) is 82.3 Å². The number of carbonyl (C=O) groups is 1. The Morgan fingerprint density at radius 2 is 1.58 bits per heavy atom. The maximum absolute atomic E-state index is 12.3. The fraction of sp³-hybridized carbons (Fsp3) is 0.0500. The lowest BCUT2D eigenvalue weighted by molar-refractivity contribution is -0.113. The molecule has 0 fully saturated rings. The molecule has 3 rings (SSSR count). The summed E-state index contributed by atoms with van der Waals surface area (Å²) in [5, 5.41) is 3.72. The van der Waals surface area contributed by atoms with E-state index in [1.807, 2.05) is 72.8 Å². The topological polar surface area (TPSA) is 29.1 Å². The van der Waals surface area contributed by atoms with Crippen LogP contribution in [0.25, 0.3) is 0 Å². The Labute approximate surface area is 174 Å². The monoisotopic (exact) mass is 463 g/mol. The van der Waals surface area contributed by atoms with E-state index in [0.29, 0.717) is 10.8 Å². The molecule has 3 aromatic carbocycles. The van der Waals surface area contributed by atoms with Crippen LogP contribution in [-0.4, -0.2) is 11.7 Å². The van der Waals surface area contributed by atoms with Crippen LogP contribution in [0.3, 0.4) is 0 Å². The zero-order chi connectivity index (χ0) is 18.4. The van der Waals surface area contributed by atoms with Gasteiger partial charge in [0.25, 0.3) is 0 Å². The molecular formula is C20H15BrClNOS2. The number of nitrogens with one attached hydrogen (secondary N) is 1. The number of amides is 1. The molecule has 0 heterocycles. The molecule has 0 bridgehead atoms. The number of thioether (sulfide) groups is 1. The highest BCUT2D eigenvalue weighted by Crippen LogP contribution is 2.34. The van der Waals surface area contributed by atoms with Gasteiger partial charge in [-0.15, -0.1) is 11.8 Å². The minimum absolute atomic E-state index is 0.0259. The van der Waals surface area contributed by atoms with Gasteiger partial charge in [0, 0.05) is 24.2 Å². The fourth-order valence-corrected chi connectivity index (χ4v) is 4.15. The highest BCUT2D eigenvalue weighted by atomic mass is 79.9. The van der Waals surface area contributed by atoms with Crippen LogP contribution in [0.15, 0.2) is 92.0 Å². The molecular weight excluding hydrogens is 450 g/mol. The number of benzene rings is 3. The van der Waals surface area contributed by atoms with Crippen LogP contribution in [0, 0.1) is 0 Å². The van der Waals surface area contributed by atoms with Crippen molar-refractivity contribution in [3.8, 4) is 0 Å². The smallest absolute Gasteiger partial charge is 0.234 e. The molecule has 0 saturated carbocycles. The van der Waals surface area contributed by atoms with E-state index in [1.165, 1.54) is 11.8 Å². The normalized spacial score (nSPS) is 10.5. The fourth-order valence-electron chi connectivity index (χ4n) is 2.15. The molecule has 0 spiro atoms. The summed E-state index contributed by atoms with van der Waals surface area (Å²) < 4.78 is 1.03. The molecule has 132 valence electrons. The standard InChI is InChI=1S/C20H15BrClNOS2/c21-14-5-9-16(10-6-14)25-13-20(24)23-18-3-1-2-4-19(18)26-17-11-7-15(22)8-12-17/h1-12H,13H2,(H,23,24). The summed E-state index contributed by atoms with van der Waals surface area (Å²) in [4.78, 5) is 15.5. The van der Waals surface area contributed by atoms with Crippen molar-refractivity contribution < 1.29 is 4.79 Å². The van der Waals surface area contributed by atoms with Crippen LogP contribution < -0.4 is 5.32 Å². The number of para-hydroxylation sites is 1. The van der Waals surface area contributed by atoms with E-state index in [4.69, 9.17) is 11.6 Å². The van der Waals surface area contributed by atoms with E-state index in [0.717, 1.165) is 24.8 Å². The number of hydrogen-bond donors (Lipinski definition) is 1. The van der Waals surface area contributed by atoms with Crippen molar-refractivity contribution in [3.63, 3.8) is 0 Å². The number of carbonyl (C=O) groups excluding carboxylic acids is 1. The molecule has 1 amide bonds. The first-order chi connectivity index (χ1) is 12.6. The van der Waals surface area contributed by atoms with Gasteiger partial charge in [-0.05, 0) is 60.7 Å². The van der Waals surface area contributed by atoms with Crippen molar-refractivity contribution in [1.82, 2.24) is 0 Å². The van der Waals surface area contributed by atoms with Crippen molar-refractivity contribution in [2.24, 2.45) is 0 Å². The third kappa shape index (κ3) is 5.81. The van der Waals surface area contributed by atoms with Crippen LogP contribution in [0.4, 0.5) is 5.69 Å². The quantitative estimate of drug-likeness (QED) is 0.399. The predicted octanol–water partition coefficient (Wildman–Crippen LogP) is 6.98. The van der Waals surface area contributed by atoms with Crippen LogP contribution in [0.5, 0.6) is 0 Å². The molecule has 6 heteroatoms. The van der Waals surface area contributed by atoms with Gasteiger partial charge in [0.1, 0.15) is 0 Å². The molecule has 1 N–H and O–H groups in total. The molecule has 0 aliphatic heterocycles. The third-order valence-corrected chi connectivity index (χ3v) is 6.26. The van der Waals surface area contributed by atoms with Gasteiger partial charge in [0.05, 0.1) is 11.4 Å². The number of rotatable bonds is 6. The van der Waals surface area contributed by atoms with Crippen LogP contribution in [-0.2, 0) is 4.79 Å². The van der Waals surface area contributed by atoms with Crippen molar-refractivity contribution >= 4 is 62.6 Å². The SMILES string of the molecule is O=C(CSc1ccc(Br)cc1)Nc1ccccc1Sc1ccc(Cl)cc1. The number of anilines is 1. The van der Waals surface area contributed by atoms with E-state index in [9.17, 15) is 4.79 Å². The average molecular weight is 465 g/mol. The summed E-state index contributed by atoms with van der Waals surface area (Å²) in [5.74, 6) is 0.337. The third-order valence-electron chi connectivity index (χ3n) is 3.39. The molecule has 0 aromatic heterocycles. The van der Waals surface area contributed by atoms with Crippen LogP contribution >= 0.6 is 51.1 Å². The van der Waals surface area contributed by atoms with Gasteiger partial charge in [-0.25, -0.2) is 0 Å². The summed E-state index contributed by atoms with van der Waals surface area (Å²) in [6.07, 6.45) is 0. The van der Waals surface area contributed by atoms with E-state index >= 15 is 0 Å². The zero-order valence-electron chi connectivity index (χ0n) is 13.6. The van der Waals surface area contributed by atoms with Crippen molar-refractivity contribution in [1.29, 1.82) is 0 Å². The summed E-state index contributed by atoms with van der Waals surface area (Å²) in [6.45, 7) is 0. The maximum atomic E-state index is 12.3. The molecule has 0 radical (unpaired) electrons. The lowest BCUT2D eigenvalue weighted by Crippen LogP contribution is -2.14. The van der Waals surface area contributed by atoms with E-state index in [1.54, 1.807) is 11.8 Å². The van der Waals surface area contributed by atoms with Gasteiger partial charge in [-0.2, -0.15) is 0 Å². The number of hydrogen-bond acceptors (Lipinski definition) is 3. The van der Waals surface area contributed by atoms with Crippen molar-refractivity contribution in [2.75, 3.05) is 11.1 Å². The van der Waals surface area contributed by atoms with Gasteiger partial charge < -0.3 is 5.32 Å².